The quantitative estimate of drug-likeness (QED) is 0.722. The lowest BCUT2D eigenvalue weighted by molar-refractivity contribution is 0.0696. The zero-order valence-corrected chi connectivity index (χ0v) is 11.9. The van der Waals surface area contributed by atoms with Gasteiger partial charge in [-0.2, -0.15) is 5.10 Å². The summed E-state index contributed by atoms with van der Waals surface area (Å²) < 4.78 is 8.28. The van der Waals surface area contributed by atoms with E-state index in [1.54, 1.807) is 29.1 Å². The predicted octanol–water partition coefficient (Wildman–Crippen LogP) is 2.98. The van der Waals surface area contributed by atoms with Gasteiger partial charge in [0.1, 0.15) is 16.9 Å². The average Bonchev–Trinajstić information content (AvgIpc) is 2.92. The molecule has 1 aromatic carbocycles. The van der Waals surface area contributed by atoms with Crippen molar-refractivity contribution in [1.29, 1.82) is 0 Å². The first-order valence-electron chi connectivity index (χ1n) is 5.57. The van der Waals surface area contributed by atoms with Crippen LogP contribution in [0.4, 0.5) is 0 Å². The van der Waals surface area contributed by atoms with E-state index in [-0.39, 0.29) is 5.56 Å². The van der Waals surface area contributed by atoms with Crippen molar-refractivity contribution >= 4 is 39.5 Å². The molecule has 6 heteroatoms. The molecule has 3 aromatic rings. The van der Waals surface area contributed by atoms with E-state index in [4.69, 9.17) is 4.42 Å². The minimum Gasteiger partial charge on any atom is -0.478 e. The summed E-state index contributed by atoms with van der Waals surface area (Å²) >= 11 is 2.15. The Labute approximate surface area is 122 Å². The lowest BCUT2D eigenvalue weighted by atomic mass is 10.1. The standard InChI is InChI=1S/C13H9IN2O3/c14-8-5-15-16(6-8)7-11-12(13(17)18)9-3-1-2-4-10(9)19-11/h1-6H,7H2,(H,17,18). The van der Waals surface area contributed by atoms with E-state index in [0.717, 1.165) is 3.57 Å². The molecule has 0 bridgehead atoms. The number of aromatic nitrogens is 2. The van der Waals surface area contributed by atoms with Crippen LogP contribution in [0.3, 0.4) is 0 Å². The van der Waals surface area contributed by atoms with Crippen molar-refractivity contribution in [2.45, 2.75) is 6.54 Å². The number of nitrogens with zero attached hydrogens (tertiary/aromatic N) is 2. The number of hydrogen-bond donors (Lipinski definition) is 1. The maximum Gasteiger partial charge on any atom is 0.339 e. The number of carbonyl (C=O) groups is 1. The zero-order chi connectivity index (χ0) is 13.4. The number of benzene rings is 1. The SMILES string of the molecule is O=C(O)c1c(Cn2cc(I)cn2)oc2ccccc12. The summed E-state index contributed by atoms with van der Waals surface area (Å²) in [6, 6.07) is 7.12. The van der Waals surface area contributed by atoms with Gasteiger partial charge in [-0.05, 0) is 28.7 Å². The third-order valence-corrected chi connectivity index (χ3v) is 3.35. The Morgan fingerprint density at radius 3 is 2.89 bits per heavy atom. The monoisotopic (exact) mass is 368 g/mol. The number of furan rings is 1. The first-order chi connectivity index (χ1) is 9.15. The molecule has 3 rings (SSSR count). The number of rotatable bonds is 3. The molecule has 19 heavy (non-hydrogen) atoms. The summed E-state index contributed by atoms with van der Waals surface area (Å²) in [5.41, 5.74) is 0.790. The van der Waals surface area contributed by atoms with Gasteiger partial charge in [-0.3, -0.25) is 4.68 Å². The molecule has 5 nitrogen and oxygen atoms in total. The molecule has 0 aliphatic heterocycles. The molecular weight excluding hydrogens is 359 g/mol. The Morgan fingerprint density at radius 2 is 2.21 bits per heavy atom. The summed E-state index contributed by atoms with van der Waals surface area (Å²) in [5, 5.41) is 14.1. The highest BCUT2D eigenvalue weighted by atomic mass is 127. The van der Waals surface area contributed by atoms with Gasteiger partial charge < -0.3 is 9.52 Å². The first kappa shape index (κ1) is 12.2. The number of aromatic carboxylic acids is 1. The van der Waals surface area contributed by atoms with Gasteiger partial charge in [-0.1, -0.05) is 18.2 Å². The van der Waals surface area contributed by atoms with Crippen LogP contribution in [0.5, 0.6) is 0 Å². The molecule has 0 atom stereocenters. The van der Waals surface area contributed by atoms with E-state index in [1.165, 1.54) is 0 Å². The van der Waals surface area contributed by atoms with Crippen LogP contribution in [0.25, 0.3) is 11.0 Å². The third kappa shape index (κ3) is 2.23. The molecule has 0 fully saturated rings. The lowest BCUT2D eigenvalue weighted by Crippen LogP contribution is -2.05. The fourth-order valence-electron chi connectivity index (χ4n) is 2.01. The van der Waals surface area contributed by atoms with Crippen molar-refractivity contribution in [1.82, 2.24) is 9.78 Å². The molecule has 0 spiro atoms. The maximum absolute atomic E-state index is 11.4. The minimum atomic E-state index is -0.984. The van der Waals surface area contributed by atoms with Crippen LogP contribution in [0.2, 0.25) is 0 Å². The van der Waals surface area contributed by atoms with Crippen LogP contribution >= 0.6 is 22.6 Å². The normalized spacial score (nSPS) is 11.0. The van der Waals surface area contributed by atoms with Gasteiger partial charge in [-0.25, -0.2) is 4.79 Å². The summed E-state index contributed by atoms with van der Waals surface area (Å²) in [4.78, 5) is 11.4. The fraction of sp³-hybridized carbons (Fsp3) is 0.0769. The van der Waals surface area contributed by atoms with E-state index < -0.39 is 5.97 Å². The molecule has 96 valence electrons. The van der Waals surface area contributed by atoms with Crippen LogP contribution in [-0.4, -0.2) is 20.9 Å². The Balaban J connectivity index is 2.12. The smallest absolute Gasteiger partial charge is 0.339 e. The molecular formula is C13H9IN2O3. The molecule has 0 saturated carbocycles. The van der Waals surface area contributed by atoms with Crippen LogP contribution in [0.1, 0.15) is 16.1 Å². The van der Waals surface area contributed by atoms with Crippen LogP contribution in [0, 0.1) is 3.57 Å². The molecule has 2 heterocycles. The summed E-state index contributed by atoms with van der Waals surface area (Å²) in [5.74, 6) is -0.574. The molecule has 0 saturated heterocycles. The van der Waals surface area contributed by atoms with Crippen LogP contribution < -0.4 is 0 Å². The summed E-state index contributed by atoms with van der Waals surface area (Å²) in [7, 11) is 0. The topological polar surface area (TPSA) is 68.3 Å². The van der Waals surface area contributed by atoms with Gasteiger partial charge in [-0.15, -0.1) is 0 Å². The molecule has 0 amide bonds. The van der Waals surface area contributed by atoms with E-state index in [1.807, 2.05) is 12.3 Å². The lowest BCUT2D eigenvalue weighted by Gasteiger charge is -1.99. The Morgan fingerprint density at radius 1 is 1.42 bits per heavy atom. The Bertz CT molecular complexity index is 760. The van der Waals surface area contributed by atoms with Crippen molar-refractivity contribution in [3.05, 3.63) is 51.6 Å². The van der Waals surface area contributed by atoms with E-state index in [9.17, 15) is 9.90 Å². The van der Waals surface area contributed by atoms with Gasteiger partial charge in [0.15, 0.2) is 0 Å². The molecule has 2 aromatic heterocycles. The van der Waals surface area contributed by atoms with E-state index in [0.29, 0.717) is 23.3 Å². The summed E-state index contributed by atoms with van der Waals surface area (Å²) in [6.07, 6.45) is 3.54. The second-order valence-electron chi connectivity index (χ2n) is 4.06. The third-order valence-electron chi connectivity index (χ3n) is 2.79. The number of para-hydroxylation sites is 1. The Hall–Kier alpha value is -1.83. The van der Waals surface area contributed by atoms with E-state index >= 15 is 0 Å². The number of fused-ring (bicyclic) bond motifs is 1. The minimum absolute atomic E-state index is 0.209. The zero-order valence-electron chi connectivity index (χ0n) is 9.71. The average molecular weight is 368 g/mol. The first-order valence-corrected chi connectivity index (χ1v) is 6.64. The second kappa shape index (κ2) is 4.69. The van der Waals surface area contributed by atoms with Crippen LogP contribution in [-0.2, 0) is 6.54 Å². The number of carboxylic acid groups (broad SMARTS) is 1. The van der Waals surface area contributed by atoms with Crippen molar-refractivity contribution in [3.63, 3.8) is 0 Å². The van der Waals surface area contributed by atoms with Crippen molar-refractivity contribution < 1.29 is 14.3 Å². The molecule has 0 unspecified atom stereocenters. The van der Waals surface area contributed by atoms with Gasteiger partial charge in [0, 0.05) is 11.6 Å². The molecule has 0 aliphatic carbocycles. The fourth-order valence-corrected chi connectivity index (χ4v) is 2.46. The van der Waals surface area contributed by atoms with Crippen molar-refractivity contribution in [2.75, 3.05) is 0 Å². The number of halogens is 1. The Kier molecular flexibility index (Phi) is 3.02. The highest BCUT2D eigenvalue weighted by Crippen LogP contribution is 2.26. The van der Waals surface area contributed by atoms with Gasteiger partial charge in [0.25, 0.3) is 0 Å². The molecule has 0 aliphatic rings. The van der Waals surface area contributed by atoms with Crippen molar-refractivity contribution in [3.8, 4) is 0 Å². The molecule has 0 radical (unpaired) electrons. The van der Waals surface area contributed by atoms with Gasteiger partial charge >= 0.3 is 5.97 Å². The maximum atomic E-state index is 11.4. The highest BCUT2D eigenvalue weighted by Gasteiger charge is 2.20. The van der Waals surface area contributed by atoms with Crippen LogP contribution in [0.15, 0.2) is 41.1 Å². The van der Waals surface area contributed by atoms with Crippen molar-refractivity contribution in [2.24, 2.45) is 0 Å². The van der Waals surface area contributed by atoms with Gasteiger partial charge in [0.05, 0.1) is 16.3 Å². The van der Waals surface area contributed by atoms with Gasteiger partial charge in [0.2, 0.25) is 0 Å². The van der Waals surface area contributed by atoms with E-state index in [2.05, 4.69) is 27.7 Å². The molecule has 1 N–H and O–H groups in total. The number of hydrogen-bond acceptors (Lipinski definition) is 3. The largest absolute Gasteiger partial charge is 0.478 e. The number of carboxylic acids is 1. The highest BCUT2D eigenvalue weighted by molar-refractivity contribution is 14.1. The predicted molar refractivity (Wildman–Crippen MR) is 77.2 cm³/mol. The summed E-state index contributed by atoms with van der Waals surface area (Å²) in [6.45, 7) is 0.305. The second-order valence-corrected chi connectivity index (χ2v) is 5.30.